The minimum Gasteiger partial charge on any atom is -0.387 e. The van der Waals surface area contributed by atoms with Gasteiger partial charge in [0.1, 0.15) is 0 Å². The number of hydrogen-bond donors (Lipinski definition) is 0. The number of nitrogens with zero attached hydrogens (tertiary/aromatic N) is 1. The molecule has 3 rings (SSSR count). The van der Waals surface area contributed by atoms with E-state index in [0.717, 1.165) is 41.8 Å². The second-order valence-corrected chi connectivity index (χ2v) is 7.88. The van der Waals surface area contributed by atoms with Crippen LogP contribution in [-0.4, -0.2) is 24.3 Å². The van der Waals surface area contributed by atoms with Crippen molar-refractivity contribution >= 4 is 28.7 Å². The van der Waals surface area contributed by atoms with Crippen LogP contribution in [-0.2, 0) is 48.8 Å². The Morgan fingerprint density at radius 1 is 1.25 bits per heavy atom. The number of rotatable bonds is 10. The summed E-state index contributed by atoms with van der Waals surface area (Å²) in [5.41, 5.74) is 1.57. The minimum absolute atomic E-state index is 0. The third kappa shape index (κ3) is 6.31. The average molecular weight is 473 g/mol. The zero-order chi connectivity index (χ0) is 19.1. The van der Waals surface area contributed by atoms with Crippen LogP contribution in [0.15, 0.2) is 36.4 Å². The van der Waals surface area contributed by atoms with Gasteiger partial charge in [0, 0.05) is 63.4 Å². The molecule has 1 fully saturated rings. The van der Waals surface area contributed by atoms with E-state index < -0.39 is 0 Å². The summed E-state index contributed by atoms with van der Waals surface area (Å²) >= 11 is 1.55. The van der Waals surface area contributed by atoms with Crippen LogP contribution in [0.4, 0.5) is 5.69 Å². The molecule has 1 aromatic carbocycles. The summed E-state index contributed by atoms with van der Waals surface area (Å²) < 4.78 is 5.82. The van der Waals surface area contributed by atoms with Gasteiger partial charge < -0.3 is 9.64 Å². The molecule has 1 amide bonds. The summed E-state index contributed by atoms with van der Waals surface area (Å²) in [7, 11) is 0. The number of Topliss-reactive ketones (excluding diaryl/α,β-unsaturated/α-hetero) is 1. The molecule has 6 heteroatoms. The molecule has 1 atom stereocenters. The molecule has 1 aliphatic heterocycles. The number of anilines is 1. The first-order chi connectivity index (χ1) is 13.2. The van der Waals surface area contributed by atoms with Crippen molar-refractivity contribution in [1.82, 2.24) is 0 Å². The summed E-state index contributed by atoms with van der Waals surface area (Å²) in [4.78, 5) is 27.6. The maximum atomic E-state index is 12.4. The SMILES string of the molecule is CCCCCC(=O)c1ccc(N2C(=O)CC[C@@H]2COCc2cc[c-]s2)cc1.[Y]. The molecule has 0 spiro atoms. The molecule has 1 saturated heterocycles. The van der Waals surface area contributed by atoms with Crippen molar-refractivity contribution in [2.24, 2.45) is 0 Å². The van der Waals surface area contributed by atoms with Gasteiger partial charge in [0.2, 0.25) is 5.91 Å². The van der Waals surface area contributed by atoms with Crippen molar-refractivity contribution < 1.29 is 47.0 Å². The fourth-order valence-corrected chi connectivity index (χ4v) is 3.95. The Kier molecular flexibility index (Phi) is 10.0. The maximum Gasteiger partial charge on any atom is 0.227 e. The normalized spacial score (nSPS) is 16.2. The number of carbonyl (C=O) groups is 2. The van der Waals surface area contributed by atoms with Gasteiger partial charge in [-0.05, 0) is 37.1 Å². The topological polar surface area (TPSA) is 46.6 Å². The fraction of sp³-hybridized carbons (Fsp3) is 0.455. The minimum atomic E-state index is 0. The molecule has 2 heterocycles. The Morgan fingerprint density at radius 3 is 2.71 bits per heavy atom. The van der Waals surface area contributed by atoms with Crippen molar-refractivity contribution in [2.45, 2.75) is 58.1 Å². The number of amides is 1. The number of ketones is 1. The van der Waals surface area contributed by atoms with E-state index in [-0.39, 0.29) is 50.4 Å². The molecule has 1 aromatic heterocycles. The number of carbonyl (C=O) groups excluding carboxylic acids is 2. The predicted octanol–water partition coefficient (Wildman–Crippen LogP) is 5.02. The van der Waals surface area contributed by atoms with Gasteiger partial charge in [0.25, 0.3) is 0 Å². The fourth-order valence-electron chi connectivity index (χ4n) is 3.39. The zero-order valence-electron chi connectivity index (χ0n) is 16.4. The summed E-state index contributed by atoms with van der Waals surface area (Å²) in [6, 6.07) is 11.4. The van der Waals surface area contributed by atoms with Crippen LogP contribution in [0.2, 0.25) is 0 Å². The van der Waals surface area contributed by atoms with Crippen molar-refractivity contribution in [1.29, 1.82) is 0 Å². The molecular weight excluding hydrogens is 447 g/mol. The smallest absolute Gasteiger partial charge is 0.227 e. The third-order valence-electron chi connectivity index (χ3n) is 4.88. The average Bonchev–Trinajstić information content (AvgIpc) is 3.32. The molecule has 0 saturated carbocycles. The first kappa shape index (κ1) is 23.4. The van der Waals surface area contributed by atoms with E-state index in [9.17, 15) is 9.59 Å². The van der Waals surface area contributed by atoms with E-state index in [2.05, 4.69) is 12.3 Å². The number of hydrogen-bond acceptors (Lipinski definition) is 4. The van der Waals surface area contributed by atoms with E-state index in [4.69, 9.17) is 4.74 Å². The van der Waals surface area contributed by atoms with Gasteiger partial charge >= 0.3 is 0 Å². The van der Waals surface area contributed by atoms with Crippen LogP contribution in [0.5, 0.6) is 0 Å². The third-order valence-corrected chi connectivity index (χ3v) is 5.65. The van der Waals surface area contributed by atoms with Gasteiger partial charge in [0.05, 0.1) is 12.6 Å². The van der Waals surface area contributed by atoms with Crippen molar-refractivity contribution in [3.8, 4) is 0 Å². The van der Waals surface area contributed by atoms with Gasteiger partial charge in [-0.3, -0.25) is 20.9 Å². The molecule has 0 bridgehead atoms. The quantitative estimate of drug-likeness (QED) is 0.277. The standard InChI is InChI=1S/C22H26NO3S.Y/c1-2-3-4-7-21(24)17-8-10-18(11-9-17)23-19(12-13-22(23)25)15-26-16-20-6-5-14-27-20;/h5-6,8-11,19H,2-4,7,12-13,15-16H2,1H3;/q-1;/t19-;/m1./s1. The maximum absolute atomic E-state index is 12.4. The Labute approximate surface area is 196 Å². The van der Waals surface area contributed by atoms with E-state index in [1.807, 2.05) is 41.3 Å². The number of ether oxygens (including phenoxy) is 1. The van der Waals surface area contributed by atoms with Gasteiger partial charge in [-0.2, -0.15) is 12.1 Å². The summed E-state index contributed by atoms with van der Waals surface area (Å²) in [6.07, 6.45) is 5.05. The Morgan fingerprint density at radius 2 is 2.04 bits per heavy atom. The summed E-state index contributed by atoms with van der Waals surface area (Å²) in [5, 5.41) is 3.05. The second kappa shape index (κ2) is 12.0. The number of benzene rings is 1. The molecular formula is C22H26NO3SY-. The molecule has 0 aliphatic carbocycles. The van der Waals surface area contributed by atoms with Crippen LogP contribution in [0.1, 0.15) is 60.7 Å². The van der Waals surface area contributed by atoms with E-state index in [1.54, 1.807) is 11.3 Å². The monoisotopic (exact) mass is 473 g/mol. The largest absolute Gasteiger partial charge is 0.387 e. The second-order valence-electron chi connectivity index (χ2n) is 6.92. The Bertz CT molecular complexity index is 746. The van der Waals surface area contributed by atoms with Crippen LogP contribution >= 0.6 is 11.3 Å². The first-order valence-corrected chi connectivity index (χ1v) is 10.5. The molecule has 147 valence electrons. The van der Waals surface area contributed by atoms with Crippen molar-refractivity contribution in [2.75, 3.05) is 11.5 Å². The van der Waals surface area contributed by atoms with E-state index in [1.165, 1.54) is 0 Å². The van der Waals surface area contributed by atoms with Crippen molar-refractivity contribution in [3.63, 3.8) is 0 Å². The molecule has 0 unspecified atom stereocenters. The molecule has 0 N–H and O–H groups in total. The summed E-state index contributed by atoms with van der Waals surface area (Å²) in [6.45, 7) is 3.20. The van der Waals surface area contributed by atoms with E-state index >= 15 is 0 Å². The first-order valence-electron chi connectivity index (χ1n) is 9.67. The molecule has 4 nitrogen and oxygen atoms in total. The van der Waals surface area contributed by atoms with Gasteiger partial charge in [0.15, 0.2) is 5.78 Å². The molecule has 1 radical (unpaired) electrons. The Balaban J connectivity index is 0.00000280. The van der Waals surface area contributed by atoms with Gasteiger partial charge in [-0.15, -0.1) is 10.3 Å². The van der Waals surface area contributed by atoms with Gasteiger partial charge in [-0.25, -0.2) is 0 Å². The Hall–Kier alpha value is -0.876. The molecule has 1 aliphatic rings. The molecule has 2 aromatic rings. The van der Waals surface area contributed by atoms with Crippen LogP contribution < -0.4 is 4.90 Å². The molecule has 28 heavy (non-hydrogen) atoms. The zero-order valence-corrected chi connectivity index (χ0v) is 20.0. The summed E-state index contributed by atoms with van der Waals surface area (Å²) in [5.74, 6) is 0.297. The van der Waals surface area contributed by atoms with Crippen LogP contribution in [0.25, 0.3) is 0 Å². The number of unbranched alkanes of at least 4 members (excludes halogenated alkanes) is 2. The number of thiophene rings is 1. The van der Waals surface area contributed by atoms with E-state index in [0.29, 0.717) is 26.1 Å². The van der Waals surface area contributed by atoms with Crippen LogP contribution in [0.3, 0.4) is 0 Å². The predicted molar refractivity (Wildman–Crippen MR) is 108 cm³/mol. The van der Waals surface area contributed by atoms with Crippen molar-refractivity contribution in [3.05, 3.63) is 52.2 Å². The van der Waals surface area contributed by atoms with Crippen LogP contribution in [0, 0.1) is 5.38 Å². The van der Waals surface area contributed by atoms with Gasteiger partial charge in [-0.1, -0.05) is 19.8 Å².